The van der Waals surface area contributed by atoms with Gasteiger partial charge in [-0.3, -0.25) is 4.79 Å². The van der Waals surface area contributed by atoms with Crippen LogP contribution in [0.3, 0.4) is 0 Å². The van der Waals surface area contributed by atoms with Crippen molar-refractivity contribution in [2.75, 3.05) is 19.7 Å². The molecule has 4 nitrogen and oxygen atoms in total. The molecule has 0 saturated carbocycles. The molecule has 1 heterocycles. The average Bonchev–Trinajstić information content (AvgIpc) is 2.42. The molecule has 2 rings (SSSR count). The Morgan fingerprint density at radius 3 is 2.75 bits per heavy atom. The number of carbonyl (C=O) groups excluding carboxylic acids is 1. The number of nitrogens with zero attached hydrogens (tertiary/aromatic N) is 1. The van der Waals surface area contributed by atoms with Gasteiger partial charge in [-0.2, -0.15) is 0 Å². The third kappa shape index (κ3) is 4.69. The lowest BCUT2D eigenvalue weighted by Gasteiger charge is -2.37. The molecule has 2 atom stereocenters. The number of benzene rings is 1. The summed E-state index contributed by atoms with van der Waals surface area (Å²) < 4.78 is 5.57. The summed E-state index contributed by atoms with van der Waals surface area (Å²) in [6, 6.07) is 10.2. The molecule has 0 radical (unpaired) electrons. The number of piperazine rings is 1. The topological polar surface area (TPSA) is 41.6 Å². The van der Waals surface area contributed by atoms with Crippen LogP contribution in [-0.4, -0.2) is 42.6 Å². The van der Waals surface area contributed by atoms with Crippen molar-refractivity contribution in [2.24, 2.45) is 0 Å². The van der Waals surface area contributed by atoms with Gasteiger partial charge in [-0.05, 0) is 26.0 Å². The van der Waals surface area contributed by atoms with Gasteiger partial charge in [-0.15, -0.1) is 12.4 Å². The Kier molecular flexibility index (Phi) is 6.82. The molecule has 112 valence electrons. The van der Waals surface area contributed by atoms with Crippen molar-refractivity contribution >= 4 is 18.3 Å². The van der Waals surface area contributed by atoms with E-state index in [2.05, 4.69) is 19.2 Å². The van der Waals surface area contributed by atoms with E-state index in [1.54, 1.807) is 0 Å². The van der Waals surface area contributed by atoms with Crippen LogP contribution in [0.25, 0.3) is 0 Å². The zero-order valence-electron chi connectivity index (χ0n) is 12.0. The van der Waals surface area contributed by atoms with Crippen LogP contribution in [0.5, 0.6) is 5.75 Å². The molecule has 1 amide bonds. The summed E-state index contributed by atoms with van der Waals surface area (Å²) in [6.07, 6.45) is 0.436. The van der Waals surface area contributed by atoms with Crippen LogP contribution in [0.4, 0.5) is 0 Å². The summed E-state index contributed by atoms with van der Waals surface area (Å²) in [6.45, 7) is 6.27. The van der Waals surface area contributed by atoms with Gasteiger partial charge >= 0.3 is 0 Å². The lowest BCUT2D eigenvalue weighted by Crippen LogP contribution is -2.56. The molecule has 1 aliphatic rings. The minimum Gasteiger partial charge on any atom is -0.493 e. The van der Waals surface area contributed by atoms with Crippen LogP contribution < -0.4 is 10.1 Å². The molecular weight excluding hydrogens is 276 g/mol. The van der Waals surface area contributed by atoms with Gasteiger partial charge in [0.15, 0.2) is 0 Å². The summed E-state index contributed by atoms with van der Waals surface area (Å²) in [4.78, 5) is 14.1. The fourth-order valence-electron chi connectivity index (χ4n) is 2.29. The summed E-state index contributed by atoms with van der Waals surface area (Å²) in [5.74, 6) is 0.994. The van der Waals surface area contributed by atoms with E-state index < -0.39 is 0 Å². The number of ether oxygens (including phenoxy) is 1. The third-order valence-corrected chi connectivity index (χ3v) is 3.41. The van der Waals surface area contributed by atoms with E-state index in [9.17, 15) is 4.79 Å². The number of nitrogens with one attached hydrogen (secondary N) is 1. The van der Waals surface area contributed by atoms with Crippen molar-refractivity contribution in [1.82, 2.24) is 10.2 Å². The van der Waals surface area contributed by atoms with E-state index in [1.807, 2.05) is 35.2 Å². The Hall–Kier alpha value is -1.26. The first-order valence-electron chi connectivity index (χ1n) is 6.87. The normalized spacial score (nSPS) is 22.0. The van der Waals surface area contributed by atoms with E-state index >= 15 is 0 Å². The maximum absolute atomic E-state index is 12.2. The van der Waals surface area contributed by atoms with E-state index in [4.69, 9.17) is 4.74 Å². The summed E-state index contributed by atoms with van der Waals surface area (Å²) in [7, 11) is 0. The molecule has 0 aliphatic carbocycles. The first-order valence-corrected chi connectivity index (χ1v) is 6.87. The summed E-state index contributed by atoms with van der Waals surface area (Å²) >= 11 is 0. The second-order valence-corrected chi connectivity index (χ2v) is 5.12. The van der Waals surface area contributed by atoms with Gasteiger partial charge in [-0.25, -0.2) is 0 Å². The average molecular weight is 299 g/mol. The van der Waals surface area contributed by atoms with Crippen LogP contribution in [0.15, 0.2) is 30.3 Å². The molecule has 0 aromatic heterocycles. The van der Waals surface area contributed by atoms with Gasteiger partial charge < -0.3 is 15.0 Å². The molecule has 0 bridgehead atoms. The van der Waals surface area contributed by atoms with Crippen molar-refractivity contribution < 1.29 is 9.53 Å². The Balaban J connectivity index is 0.00000200. The maximum atomic E-state index is 12.2. The second-order valence-electron chi connectivity index (χ2n) is 5.12. The van der Waals surface area contributed by atoms with E-state index in [0.29, 0.717) is 19.1 Å². The Labute approximate surface area is 126 Å². The van der Waals surface area contributed by atoms with Gasteiger partial charge in [0.25, 0.3) is 0 Å². The quantitative estimate of drug-likeness (QED) is 0.925. The molecule has 1 aromatic carbocycles. The number of carbonyl (C=O) groups is 1. The second kappa shape index (κ2) is 8.12. The number of para-hydroxylation sites is 1. The van der Waals surface area contributed by atoms with E-state index in [-0.39, 0.29) is 24.4 Å². The zero-order valence-corrected chi connectivity index (χ0v) is 12.9. The van der Waals surface area contributed by atoms with Gasteiger partial charge in [-0.1, -0.05) is 18.2 Å². The largest absolute Gasteiger partial charge is 0.493 e. The van der Waals surface area contributed by atoms with Crippen LogP contribution in [0.1, 0.15) is 20.3 Å². The van der Waals surface area contributed by atoms with Gasteiger partial charge in [0.1, 0.15) is 5.75 Å². The van der Waals surface area contributed by atoms with Gasteiger partial charge in [0, 0.05) is 25.2 Å². The molecule has 1 aromatic rings. The highest BCUT2D eigenvalue weighted by Crippen LogP contribution is 2.11. The molecular formula is C15H23ClN2O2. The Morgan fingerprint density at radius 2 is 2.05 bits per heavy atom. The van der Waals surface area contributed by atoms with Crippen LogP contribution in [-0.2, 0) is 4.79 Å². The standard InChI is InChI=1S/C15H22N2O2.ClH/c1-12-11-17(13(2)10-16-12)15(18)8-9-19-14-6-4-3-5-7-14;/h3-7,12-13,16H,8-11H2,1-2H3;1H. The first kappa shape index (κ1) is 16.8. The molecule has 20 heavy (non-hydrogen) atoms. The number of hydrogen-bond acceptors (Lipinski definition) is 3. The number of rotatable bonds is 4. The molecule has 0 spiro atoms. The van der Waals surface area contributed by atoms with E-state index in [1.165, 1.54) is 0 Å². The van der Waals surface area contributed by atoms with Gasteiger partial charge in [0.05, 0.1) is 13.0 Å². The lowest BCUT2D eigenvalue weighted by molar-refractivity contribution is -0.135. The van der Waals surface area contributed by atoms with Crippen molar-refractivity contribution in [1.29, 1.82) is 0 Å². The van der Waals surface area contributed by atoms with Gasteiger partial charge in [0.2, 0.25) is 5.91 Å². The number of halogens is 1. The highest BCUT2D eigenvalue weighted by atomic mass is 35.5. The van der Waals surface area contributed by atoms with E-state index in [0.717, 1.165) is 18.8 Å². The first-order chi connectivity index (χ1) is 9.16. The molecule has 2 unspecified atom stereocenters. The highest BCUT2D eigenvalue weighted by molar-refractivity contribution is 5.85. The van der Waals surface area contributed by atoms with Crippen LogP contribution in [0.2, 0.25) is 0 Å². The maximum Gasteiger partial charge on any atom is 0.226 e. The fraction of sp³-hybridized carbons (Fsp3) is 0.533. The number of hydrogen-bond donors (Lipinski definition) is 1. The predicted molar refractivity (Wildman–Crippen MR) is 82.4 cm³/mol. The molecule has 1 N–H and O–H groups in total. The van der Waals surface area contributed by atoms with Crippen molar-refractivity contribution in [3.8, 4) is 5.75 Å². The van der Waals surface area contributed by atoms with Crippen LogP contribution >= 0.6 is 12.4 Å². The molecule has 1 fully saturated rings. The third-order valence-electron chi connectivity index (χ3n) is 3.41. The highest BCUT2D eigenvalue weighted by Gasteiger charge is 2.25. The monoisotopic (exact) mass is 298 g/mol. The van der Waals surface area contributed by atoms with Crippen molar-refractivity contribution in [2.45, 2.75) is 32.4 Å². The fourth-order valence-corrected chi connectivity index (χ4v) is 2.29. The summed E-state index contributed by atoms with van der Waals surface area (Å²) in [5, 5.41) is 3.37. The zero-order chi connectivity index (χ0) is 13.7. The van der Waals surface area contributed by atoms with Crippen LogP contribution in [0, 0.1) is 0 Å². The smallest absolute Gasteiger partial charge is 0.226 e. The molecule has 5 heteroatoms. The SMILES string of the molecule is CC1CN(C(=O)CCOc2ccccc2)C(C)CN1.Cl. The number of amides is 1. The Morgan fingerprint density at radius 1 is 1.35 bits per heavy atom. The van der Waals surface area contributed by atoms with Crippen molar-refractivity contribution in [3.63, 3.8) is 0 Å². The lowest BCUT2D eigenvalue weighted by atomic mass is 10.1. The molecule has 1 aliphatic heterocycles. The minimum atomic E-state index is 0. The van der Waals surface area contributed by atoms with Crippen molar-refractivity contribution in [3.05, 3.63) is 30.3 Å². The summed E-state index contributed by atoms with van der Waals surface area (Å²) in [5.41, 5.74) is 0. The Bertz CT molecular complexity index is 414. The molecule has 1 saturated heterocycles. The minimum absolute atomic E-state index is 0. The predicted octanol–water partition coefficient (Wildman–Crippen LogP) is 2.09.